The van der Waals surface area contributed by atoms with Crippen molar-refractivity contribution in [2.75, 3.05) is 39.4 Å². The highest BCUT2D eigenvalue weighted by atomic mass is 32.1. The summed E-state index contributed by atoms with van der Waals surface area (Å²) in [5, 5.41) is 9.02. The average molecular weight is 367 g/mol. The number of ether oxygens (including phenoxy) is 1. The smallest absolute Gasteiger partial charge is 0.191 e. The number of morpholine rings is 1. The van der Waals surface area contributed by atoms with Crippen LogP contribution < -0.4 is 10.6 Å². The second-order valence-electron chi connectivity index (χ2n) is 7.00. The van der Waals surface area contributed by atoms with E-state index < -0.39 is 0 Å². The van der Waals surface area contributed by atoms with Gasteiger partial charge in [0.1, 0.15) is 0 Å². The molecule has 3 atom stereocenters. The summed E-state index contributed by atoms with van der Waals surface area (Å²) in [6.07, 6.45) is 1.10. The molecular weight excluding hydrogens is 332 g/mol. The summed E-state index contributed by atoms with van der Waals surface area (Å²) in [6.45, 7) is 14.2. The molecule has 0 aromatic carbocycles. The van der Waals surface area contributed by atoms with E-state index in [2.05, 4.69) is 60.7 Å². The number of hydrogen-bond acceptors (Lipinski definition) is 4. The molecule has 142 valence electrons. The number of thiophene rings is 1. The van der Waals surface area contributed by atoms with Crippen LogP contribution in [0.4, 0.5) is 0 Å². The second kappa shape index (κ2) is 10.8. The van der Waals surface area contributed by atoms with Crippen LogP contribution in [0.3, 0.4) is 0 Å². The topological polar surface area (TPSA) is 48.9 Å². The molecule has 25 heavy (non-hydrogen) atoms. The molecule has 1 aliphatic heterocycles. The number of nitrogens with one attached hydrogen (secondary N) is 2. The lowest BCUT2D eigenvalue weighted by molar-refractivity contribution is -0.0174. The first-order valence-corrected chi connectivity index (χ1v) is 10.4. The largest absolute Gasteiger partial charge is 0.379 e. The quantitative estimate of drug-likeness (QED) is 0.548. The van der Waals surface area contributed by atoms with E-state index in [1.807, 2.05) is 11.3 Å². The van der Waals surface area contributed by atoms with Gasteiger partial charge in [0.15, 0.2) is 5.96 Å². The van der Waals surface area contributed by atoms with Crippen LogP contribution in [0.15, 0.2) is 22.5 Å². The van der Waals surface area contributed by atoms with E-state index in [0.29, 0.717) is 18.0 Å². The number of aliphatic imine (C=N–C) groups is 1. The first-order valence-electron chi connectivity index (χ1n) is 9.48. The van der Waals surface area contributed by atoms with Crippen molar-refractivity contribution in [2.24, 2.45) is 10.9 Å². The van der Waals surface area contributed by atoms with Gasteiger partial charge < -0.3 is 15.4 Å². The fourth-order valence-corrected chi connectivity index (χ4v) is 4.05. The van der Waals surface area contributed by atoms with Gasteiger partial charge >= 0.3 is 0 Å². The van der Waals surface area contributed by atoms with Crippen molar-refractivity contribution >= 4 is 17.3 Å². The molecule has 2 N–H and O–H groups in total. The van der Waals surface area contributed by atoms with Gasteiger partial charge in [0.2, 0.25) is 0 Å². The first-order chi connectivity index (χ1) is 12.1. The van der Waals surface area contributed by atoms with Gasteiger partial charge in [-0.25, -0.2) is 0 Å². The molecule has 0 spiro atoms. The Bertz CT molecular complexity index is 506. The van der Waals surface area contributed by atoms with E-state index >= 15 is 0 Å². The third-order valence-corrected chi connectivity index (χ3v) is 5.48. The summed E-state index contributed by atoms with van der Waals surface area (Å²) in [6, 6.07) is 5.27. The van der Waals surface area contributed by atoms with Crippen molar-refractivity contribution in [1.82, 2.24) is 15.5 Å². The van der Waals surface area contributed by atoms with E-state index in [4.69, 9.17) is 9.73 Å². The van der Waals surface area contributed by atoms with E-state index in [1.165, 1.54) is 4.88 Å². The number of guanidine groups is 1. The van der Waals surface area contributed by atoms with Crippen molar-refractivity contribution in [1.29, 1.82) is 0 Å². The molecule has 1 aromatic rings. The van der Waals surface area contributed by atoms with Crippen LogP contribution in [0.25, 0.3) is 0 Å². The van der Waals surface area contributed by atoms with Gasteiger partial charge in [-0.15, -0.1) is 11.3 Å². The Morgan fingerprint density at radius 3 is 2.96 bits per heavy atom. The van der Waals surface area contributed by atoms with E-state index in [1.54, 1.807) is 0 Å². The summed E-state index contributed by atoms with van der Waals surface area (Å²) >= 11 is 1.83. The minimum atomic E-state index is 0.464. The summed E-state index contributed by atoms with van der Waals surface area (Å²) in [7, 11) is 0. The van der Waals surface area contributed by atoms with Gasteiger partial charge in [-0.3, -0.25) is 9.89 Å². The molecule has 0 saturated carbocycles. The zero-order valence-electron chi connectivity index (χ0n) is 16.1. The number of rotatable bonds is 8. The highest BCUT2D eigenvalue weighted by Gasteiger charge is 2.23. The van der Waals surface area contributed by atoms with Gasteiger partial charge in [0.25, 0.3) is 0 Å². The standard InChI is InChI=1S/C19H34N4OS/c1-5-20-19(21-12-15(2)11-18-7-6-10-25-18)22-13-16(3)23-8-9-24-14-17(23)4/h6-7,10,15-17H,5,8-9,11-14H2,1-4H3,(H2,20,21,22). The highest BCUT2D eigenvalue weighted by Crippen LogP contribution is 2.14. The minimum Gasteiger partial charge on any atom is -0.379 e. The van der Waals surface area contributed by atoms with E-state index in [0.717, 1.165) is 51.8 Å². The van der Waals surface area contributed by atoms with E-state index in [-0.39, 0.29) is 0 Å². The van der Waals surface area contributed by atoms with Crippen molar-refractivity contribution in [3.05, 3.63) is 22.4 Å². The molecule has 0 amide bonds. The second-order valence-corrected chi connectivity index (χ2v) is 8.03. The third-order valence-electron chi connectivity index (χ3n) is 4.59. The van der Waals surface area contributed by atoms with Gasteiger partial charge in [-0.1, -0.05) is 13.0 Å². The van der Waals surface area contributed by atoms with Crippen LogP contribution in [0.5, 0.6) is 0 Å². The van der Waals surface area contributed by atoms with Gasteiger partial charge in [0.05, 0.1) is 13.2 Å². The molecule has 1 aromatic heterocycles. The minimum absolute atomic E-state index is 0.464. The maximum absolute atomic E-state index is 5.54. The lowest BCUT2D eigenvalue weighted by Crippen LogP contribution is -2.53. The molecule has 1 saturated heterocycles. The molecule has 0 radical (unpaired) electrons. The monoisotopic (exact) mass is 366 g/mol. The Labute approximate surface area is 156 Å². The Morgan fingerprint density at radius 2 is 2.28 bits per heavy atom. The van der Waals surface area contributed by atoms with Crippen LogP contribution >= 0.6 is 11.3 Å². The Hall–Kier alpha value is -1.11. The molecule has 2 heterocycles. The third kappa shape index (κ3) is 6.96. The Balaban J connectivity index is 1.80. The highest BCUT2D eigenvalue weighted by molar-refractivity contribution is 7.09. The maximum atomic E-state index is 5.54. The van der Waals surface area contributed by atoms with Crippen molar-refractivity contribution < 1.29 is 4.74 Å². The van der Waals surface area contributed by atoms with Crippen molar-refractivity contribution in [2.45, 2.75) is 46.2 Å². The summed E-state index contributed by atoms with van der Waals surface area (Å²) < 4.78 is 5.54. The molecule has 6 heteroatoms. The predicted molar refractivity (Wildman–Crippen MR) is 108 cm³/mol. The summed E-state index contributed by atoms with van der Waals surface area (Å²) in [5.74, 6) is 1.47. The molecule has 1 aliphatic rings. The first kappa shape index (κ1) is 20.2. The molecule has 3 unspecified atom stereocenters. The van der Waals surface area contributed by atoms with Crippen LogP contribution in [0, 0.1) is 5.92 Å². The lowest BCUT2D eigenvalue weighted by atomic mass is 10.1. The molecule has 1 fully saturated rings. The summed E-state index contributed by atoms with van der Waals surface area (Å²) in [5.41, 5.74) is 0. The molecule has 0 aliphatic carbocycles. The van der Waals surface area contributed by atoms with Crippen LogP contribution in [-0.2, 0) is 11.2 Å². The Kier molecular flexibility index (Phi) is 8.72. The van der Waals surface area contributed by atoms with Gasteiger partial charge in [0, 0.05) is 43.1 Å². The van der Waals surface area contributed by atoms with Gasteiger partial charge in [-0.2, -0.15) is 0 Å². The van der Waals surface area contributed by atoms with Crippen LogP contribution in [-0.4, -0.2) is 62.3 Å². The number of hydrogen-bond donors (Lipinski definition) is 2. The molecule has 5 nitrogen and oxygen atoms in total. The zero-order chi connectivity index (χ0) is 18.1. The lowest BCUT2D eigenvalue weighted by Gasteiger charge is -2.38. The van der Waals surface area contributed by atoms with Crippen molar-refractivity contribution in [3.8, 4) is 0 Å². The van der Waals surface area contributed by atoms with Crippen LogP contribution in [0.1, 0.15) is 32.6 Å². The van der Waals surface area contributed by atoms with Gasteiger partial charge in [-0.05, 0) is 44.6 Å². The fraction of sp³-hybridized carbons (Fsp3) is 0.737. The molecular formula is C19H34N4OS. The summed E-state index contributed by atoms with van der Waals surface area (Å²) in [4.78, 5) is 8.74. The predicted octanol–water partition coefficient (Wildman–Crippen LogP) is 2.59. The normalized spacial score (nSPS) is 21.8. The van der Waals surface area contributed by atoms with Crippen LogP contribution in [0.2, 0.25) is 0 Å². The zero-order valence-corrected chi connectivity index (χ0v) is 16.9. The van der Waals surface area contributed by atoms with Crippen molar-refractivity contribution in [3.63, 3.8) is 0 Å². The van der Waals surface area contributed by atoms with E-state index in [9.17, 15) is 0 Å². The Morgan fingerprint density at radius 1 is 1.44 bits per heavy atom. The SMILES string of the molecule is CCNC(=NCC(C)Cc1cccs1)NCC(C)N1CCOCC1C. The number of nitrogens with zero attached hydrogens (tertiary/aromatic N) is 2. The molecule has 0 bridgehead atoms. The maximum Gasteiger partial charge on any atom is 0.191 e. The fourth-order valence-electron chi connectivity index (χ4n) is 3.18. The molecule has 2 rings (SSSR count). The average Bonchev–Trinajstić information content (AvgIpc) is 3.10.